The van der Waals surface area contributed by atoms with Gasteiger partial charge in [-0.05, 0) is 37.1 Å². The van der Waals surface area contributed by atoms with Crippen LogP contribution in [0.5, 0.6) is 0 Å². The van der Waals surface area contributed by atoms with Crippen molar-refractivity contribution in [3.63, 3.8) is 0 Å². The quantitative estimate of drug-likeness (QED) is 0.777. The van der Waals surface area contributed by atoms with Crippen LogP contribution in [0, 0.1) is 0 Å². The first-order valence-corrected chi connectivity index (χ1v) is 9.15. The van der Waals surface area contributed by atoms with E-state index in [9.17, 15) is 18.0 Å². The zero-order valence-corrected chi connectivity index (χ0v) is 13.8. The maximum atomic E-state index is 12.5. The molecule has 0 aromatic heterocycles. The lowest BCUT2D eigenvalue weighted by Crippen LogP contribution is -2.35. The van der Waals surface area contributed by atoms with E-state index in [2.05, 4.69) is 0 Å². The van der Waals surface area contributed by atoms with Gasteiger partial charge in [0.2, 0.25) is 0 Å². The zero-order valence-electron chi connectivity index (χ0n) is 12.9. The van der Waals surface area contributed by atoms with Gasteiger partial charge in [0, 0.05) is 12.8 Å². The van der Waals surface area contributed by atoms with Gasteiger partial charge >= 0.3 is 6.03 Å². The van der Waals surface area contributed by atoms with Crippen molar-refractivity contribution in [2.75, 3.05) is 17.7 Å². The van der Waals surface area contributed by atoms with E-state index in [1.807, 2.05) is 13.8 Å². The van der Waals surface area contributed by atoms with Crippen LogP contribution in [0.25, 0.3) is 0 Å². The summed E-state index contributed by atoms with van der Waals surface area (Å²) in [7, 11) is -3.30. The molecule has 0 spiro atoms. The monoisotopic (exact) mass is 324 g/mol. The second-order valence-corrected chi connectivity index (χ2v) is 7.36. The van der Waals surface area contributed by atoms with E-state index in [0.29, 0.717) is 18.7 Å². The van der Waals surface area contributed by atoms with Crippen molar-refractivity contribution in [3.8, 4) is 0 Å². The fraction of sp³-hybridized carbons (Fsp3) is 0.467. The average Bonchev–Trinajstić information content (AvgIpc) is 2.69. The molecule has 1 saturated heterocycles. The molecule has 1 aliphatic rings. The highest BCUT2D eigenvalue weighted by atomic mass is 32.2. The second-order valence-electron chi connectivity index (χ2n) is 5.34. The summed E-state index contributed by atoms with van der Waals surface area (Å²) in [6.45, 7) is 4.35. The molecule has 1 aromatic rings. The van der Waals surface area contributed by atoms with Gasteiger partial charge in [0.25, 0.3) is 5.91 Å². The zero-order chi connectivity index (χ0) is 16.5. The number of carbonyl (C=O) groups excluding carboxylic acids is 2. The first-order valence-electron chi connectivity index (χ1n) is 7.26. The third-order valence-electron chi connectivity index (χ3n) is 3.69. The van der Waals surface area contributed by atoms with Gasteiger partial charge in [0.05, 0.1) is 10.6 Å². The van der Waals surface area contributed by atoms with Crippen molar-refractivity contribution in [2.45, 2.75) is 37.6 Å². The Bertz CT molecular complexity index is 682. The van der Waals surface area contributed by atoms with Crippen LogP contribution in [0.1, 0.15) is 26.7 Å². The Hall–Kier alpha value is -1.89. The van der Waals surface area contributed by atoms with E-state index >= 15 is 0 Å². The van der Waals surface area contributed by atoms with Gasteiger partial charge < -0.3 is 4.90 Å². The number of rotatable bonds is 5. The van der Waals surface area contributed by atoms with Crippen molar-refractivity contribution < 1.29 is 18.0 Å². The summed E-state index contributed by atoms with van der Waals surface area (Å²) in [5.74, 6) is -0.256. The summed E-state index contributed by atoms with van der Waals surface area (Å²) in [5, 5.41) is 0. The van der Waals surface area contributed by atoms with Crippen LogP contribution in [0.4, 0.5) is 10.5 Å². The van der Waals surface area contributed by atoms with Crippen LogP contribution < -0.4 is 4.90 Å². The molecule has 22 heavy (non-hydrogen) atoms. The van der Waals surface area contributed by atoms with Gasteiger partial charge in [0.15, 0.2) is 9.84 Å². The summed E-state index contributed by atoms with van der Waals surface area (Å²) in [5.41, 5.74) is 0.402. The lowest BCUT2D eigenvalue weighted by Gasteiger charge is -2.19. The van der Waals surface area contributed by atoms with Crippen molar-refractivity contribution >= 4 is 27.5 Å². The van der Waals surface area contributed by atoms with E-state index in [4.69, 9.17) is 0 Å². The summed E-state index contributed by atoms with van der Waals surface area (Å²) < 4.78 is 22.9. The normalized spacial score (nSPS) is 19.1. The topological polar surface area (TPSA) is 74.8 Å². The number of urea groups is 1. The van der Waals surface area contributed by atoms with E-state index in [-0.39, 0.29) is 16.8 Å². The number of anilines is 1. The molecule has 1 atom stereocenters. The Labute approximate surface area is 130 Å². The van der Waals surface area contributed by atoms with E-state index < -0.39 is 15.9 Å². The smallest absolute Gasteiger partial charge is 0.312 e. The summed E-state index contributed by atoms with van der Waals surface area (Å²) >= 11 is 0. The molecule has 7 heteroatoms. The molecule has 6 nitrogen and oxygen atoms in total. The average molecular weight is 324 g/mol. The largest absolute Gasteiger partial charge is 0.332 e. The maximum Gasteiger partial charge on any atom is 0.332 e. The number of carbonyl (C=O) groups is 2. The van der Waals surface area contributed by atoms with Crippen molar-refractivity contribution in [1.82, 2.24) is 4.90 Å². The molecule has 0 bridgehead atoms. The SMILES string of the molecule is CCCN1C(=O)N(c2ccc(S(C)(=O)=O)cc2)C(=O)[C@@H]1CC. The molecular weight excluding hydrogens is 304 g/mol. The molecule has 0 radical (unpaired) electrons. The molecule has 1 fully saturated rings. The number of hydrogen-bond donors (Lipinski definition) is 0. The minimum Gasteiger partial charge on any atom is -0.312 e. The van der Waals surface area contributed by atoms with Gasteiger partial charge in [-0.1, -0.05) is 13.8 Å². The van der Waals surface area contributed by atoms with Gasteiger partial charge in [0.1, 0.15) is 6.04 Å². The van der Waals surface area contributed by atoms with Crippen molar-refractivity contribution in [3.05, 3.63) is 24.3 Å². The number of sulfone groups is 1. The Morgan fingerprint density at radius 1 is 1.09 bits per heavy atom. The summed E-state index contributed by atoms with van der Waals surface area (Å²) in [6.07, 6.45) is 2.45. The molecule has 1 heterocycles. The van der Waals surface area contributed by atoms with Crippen LogP contribution in [0.15, 0.2) is 29.2 Å². The highest BCUT2D eigenvalue weighted by molar-refractivity contribution is 7.90. The highest BCUT2D eigenvalue weighted by Crippen LogP contribution is 2.27. The Morgan fingerprint density at radius 2 is 1.68 bits per heavy atom. The van der Waals surface area contributed by atoms with E-state index in [1.165, 1.54) is 24.3 Å². The molecule has 2 rings (SSSR count). The van der Waals surface area contributed by atoms with Gasteiger partial charge in [-0.2, -0.15) is 0 Å². The Morgan fingerprint density at radius 3 is 2.14 bits per heavy atom. The maximum absolute atomic E-state index is 12.5. The minimum absolute atomic E-state index is 0.160. The summed E-state index contributed by atoms with van der Waals surface area (Å²) in [4.78, 5) is 27.8. The standard InChI is InChI=1S/C15H20N2O4S/c1-4-10-16-13(5-2)14(18)17(15(16)19)11-6-8-12(9-7-11)22(3,20)21/h6-9,13H,4-5,10H2,1-3H3/t13-/m0/s1. The number of amides is 3. The van der Waals surface area contributed by atoms with Crippen LogP contribution in [-0.4, -0.2) is 44.1 Å². The molecule has 0 N–H and O–H groups in total. The highest BCUT2D eigenvalue weighted by Gasteiger charge is 2.44. The van der Waals surface area contributed by atoms with E-state index in [0.717, 1.165) is 17.6 Å². The lowest BCUT2D eigenvalue weighted by atomic mass is 10.2. The third-order valence-corrected chi connectivity index (χ3v) is 4.82. The predicted octanol–water partition coefficient (Wildman–Crippen LogP) is 2.05. The number of hydrogen-bond acceptors (Lipinski definition) is 4. The predicted molar refractivity (Wildman–Crippen MR) is 83.5 cm³/mol. The van der Waals surface area contributed by atoms with Crippen molar-refractivity contribution in [2.24, 2.45) is 0 Å². The fourth-order valence-electron chi connectivity index (χ4n) is 2.61. The Kier molecular flexibility index (Phi) is 4.55. The van der Waals surface area contributed by atoms with Crippen LogP contribution in [-0.2, 0) is 14.6 Å². The number of imide groups is 1. The molecule has 1 aromatic carbocycles. The molecule has 0 unspecified atom stereocenters. The lowest BCUT2D eigenvalue weighted by molar-refractivity contribution is -0.119. The number of nitrogens with zero attached hydrogens (tertiary/aromatic N) is 2. The number of benzene rings is 1. The van der Waals surface area contributed by atoms with Crippen molar-refractivity contribution in [1.29, 1.82) is 0 Å². The molecule has 3 amide bonds. The fourth-order valence-corrected chi connectivity index (χ4v) is 3.24. The molecule has 1 aliphatic heterocycles. The van der Waals surface area contributed by atoms with Gasteiger partial charge in [-0.25, -0.2) is 18.1 Å². The first-order chi connectivity index (χ1) is 10.3. The minimum atomic E-state index is -3.30. The summed E-state index contributed by atoms with van der Waals surface area (Å²) in [6, 6.07) is 5.03. The van der Waals surface area contributed by atoms with Crippen LogP contribution in [0.3, 0.4) is 0 Å². The van der Waals surface area contributed by atoms with Crippen LogP contribution in [0.2, 0.25) is 0 Å². The van der Waals surface area contributed by atoms with Crippen LogP contribution >= 0.6 is 0 Å². The third kappa shape index (κ3) is 2.85. The van der Waals surface area contributed by atoms with Gasteiger partial charge in [-0.15, -0.1) is 0 Å². The molecule has 120 valence electrons. The Balaban J connectivity index is 2.36. The van der Waals surface area contributed by atoms with Gasteiger partial charge in [-0.3, -0.25) is 4.79 Å². The molecular formula is C15H20N2O4S. The first kappa shape index (κ1) is 16.5. The second kappa shape index (κ2) is 6.08. The molecule has 0 aliphatic carbocycles. The molecule has 0 saturated carbocycles. The van der Waals surface area contributed by atoms with E-state index in [1.54, 1.807) is 4.90 Å².